The molecule has 0 radical (unpaired) electrons. The standard InChI is InChI=1S/C18H17NO4S/c1-3-22-12-7-5-11-6-8-15(23-4-2)14(13(11)9-12)10-16-17(20)19-18(21)24-16/h5-10H,3-4H2,1-2H3,(H,19,20,21)/b16-10-. The second-order valence-electron chi connectivity index (χ2n) is 5.08. The molecule has 0 aromatic heterocycles. The number of hydrogen-bond acceptors (Lipinski definition) is 5. The number of rotatable bonds is 5. The van der Waals surface area contributed by atoms with Crippen molar-refractivity contribution in [3.05, 3.63) is 40.8 Å². The molecule has 0 saturated carbocycles. The molecule has 5 nitrogen and oxygen atoms in total. The van der Waals surface area contributed by atoms with Crippen LogP contribution in [-0.4, -0.2) is 24.4 Å². The van der Waals surface area contributed by atoms with Crippen LogP contribution in [-0.2, 0) is 4.79 Å². The Kier molecular flexibility index (Phi) is 4.76. The van der Waals surface area contributed by atoms with Gasteiger partial charge < -0.3 is 9.47 Å². The van der Waals surface area contributed by atoms with Crippen molar-refractivity contribution in [3.8, 4) is 11.5 Å². The molecule has 1 N–H and O–H groups in total. The number of hydrogen-bond donors (Lipinski definition) is 1. The van der Waals surface area contributed by atoms with Gasteiger partial charge in [-0.3, -0.25) is 14.9 Å². The molecule has 0 unspecified atom stereocenters. The van der Waals surface area contributed by atoms with Gasteiger partial charge in [0.25, 0.3) is 11.1 Å². The van der Waals surface area contributed by atoms with E-state index in [0.29, 0.717) is 23.9 Å². The van der Waals surface area contributed by atoms with Crippen molar-refractivity contribution >= 4 is 39.8 Å². The van der Waals surface area contributed by atoms with E-state index in [-0.39, 0.29) is 11.1 Å². The van der Waals surface area contributed by atoms with Crippen LogP contribution in [0.4, 0.5) is 4.79 Å². The highest BCUT2D eigenvalue weighted by molar-refractivity contribution is 8.18. The SMILES string of the molecule is CCOc1ccc2ccc(OCC)c(/C=C3\SC(=O)NC3=O)c2c1. The highest BCUT2D eigenvalue weighted by Gasteiger charge is 2.25. The van der Waals surface area contributed by atoms with Crippen LogP contribution >= 0.6 is 11.8 Å². The third kappa shape index (κ3) is 3.23. The van der Waals surface area contributed by atoms with E-state index in [2.05, 4.69) is 5.32 Å². The number of carbonyl (C=O) groups excluding carboxylic acids is 2. The number of nitrogens with one attached hydrogen (secondary N) is 1. The van der Waals surface area contributed by atoms with E-state index < -0.39 is 0 Å². The largest absolute Gasteiger partial charge is 0.494 e. The first kappa shape index (κ1) is 16.4. The van der Waals surface area contributed by atoms with Crippen LogP contribution in [0.5, 0.6) is 11.5 Å². The Hall–Kier alpha value is -2.47. The number of amides is 2. The molecule has 2 amide bonds. The first-order valence-corrected chi connectivity index (χ1v) is 8.51. The summed E-state index contributed by atoms with van der Waals surface area (Å²) < 4.78 is 11.3. The summed E-state index contributed by atoms with van der Waals surface area (Å²) in [7, 11) is 0. The van der Waals surface area contributed by atoms with Crippen molar-refractivity contribution in [1.29, 1.82) is 0 Å². The maximum Gasteiger partial charge on any atom is 0.290 e. The summed E-state index contributed by atoms with van der Waals surface area (Å²) in [5.74, 6) is 1.03. The summed E-state index contributed by atoms with van der Waals surface area (Å²) in [6, 6.07) is 9.63. The summed E-state index contributed by atoms with van der Waals surface area (Å²) in [6.07, 6.45) is 1.70. The first-order chi connectivity index (χ1) is 11.6. The number of fused-ring (bicyclic) bond motifs is 1. The summed E-state index contributed by atoms with van der Waals surface area (Å²) in [6.45, 7) is 4.90. The number of ether oxygens (including phenoxy) is 2. The maximum absolute atomic E-state index is 11.9. The van der Waals surface area contributed by atoms with Crippen LogP contribution in [0.25, 0.3) is 16.8 Å². The van der Waals surface area contributed by atoms with Gasteiger partial charge in [0.2, 0.25) is 0 Å². The molecule has 0 bridgehead atoms. The van der Waals surface area contributed by atoms with Gasteiger partial charge in [0.15, 0.2) is 0 Å². The molecule has 1 fully saturated rings. The van der Waals surface area contributed by atoms with Crippen LogP contribution in [0, 0.1) is 0 Å². The lowest BCUT2D eigenvalue weighted by Crippen LogP contribution is -2.17. The molecule has 1 saturated heterocycles. The summed E-state index contributed by atoms with van der Waals surface area (Å²) in [5, 5.41) is 3.82. The van der Waals surface area contributed by atoms with Crippen molar-refractivity contribution in [1.82, 2.24) is 5.32 Å². The molecule has 1 aliphatic heterocycles. The molecule has 2 aromatic carbocycles. The molecule has 2 aromatic rings. The monoisotopic (exact) mass is 343 g/mol. The Labute approximate surface area is 144 Å². The fourth-order valence-corrected chi connectivity index (χ4v) is 3.20. The molecule has 1 aliphatic rings. The smallest absolute Gasteiger partial charge is 0.290 e. The quantitative estimate of drug-likeness (QED) is 0.833. The molecule has 124 valence electrons. The normalized spacial score (nSPS) is 15.8. The van der Waals surface area contributed by atoms with Gasteiger partial charge in [-0.2, -0.15) is 0 Å². The summed E-state index contributed by atoms with van der Waals surface area (Å²) >= 11 is 0.893. The molecule has 0 spiro atoms. The average Bonchev–Trinajstić information content (AvgIpc) is 2.88. The van der Waals surface area contributed by atoms with Gasteiger partial charge in [0.1, 0.15) is 11.5 Å². The van der Waals surface area contributed by atoms with Crippen LogP contribution in [0.3, 0.4) is 0 Å². The molecular formula is C18H17NO4S. The molecule has 24 heavy (non-hydrogen) atoms. The lowest BCUT2D eigenvalue weighted by Gasteiger charge is -2.12. The van der Waals surface area contributed by atoms with E-state index in [9.17, 15) is 9.59 Å². The highest BCUT2D eigenvalue weighted by Crippen LogP contribution is 2.35. The average molecular weight is 343 g/mol. The molecule has 6 heteroatoms. The number of carbonyl (C=O) groups is 2. The number of benzene rings is 2. The van der Waals surface area contributed by atoms with E-state index in [4.69, 9.17) is 9.47 Å². The van der Waals surface area contributed by atoms with Gasteiger partial charge >= 0.3 is 0 Å². The van der Waals surface area contributed by atoms with Gasteiger partial charge in [0.05, 0.1) is 18.1 Å². The minimum absolute atomic E-state index is 0.357. The number of thioether (sulfide) groups is 1. The molecule has 1 heterocycles. The molecule has 0 atom stereocenters. The van der Waals surface area contributed by atoms with Crippen molar-refractivity contribution in [3.63, 3.8) is 0 Å². The zero-order valence-electron chi connectivity index (χ0n) is 13.4. The van der Waals surface area contributed by atoms with Crippen molar-refractivity contribution < 1.29 is 19.1 Å². The highest BCUT2D eigenvalue weighted by atomic mass is 32.2. The molecular weight excluding hydrogens is 326 g/mol. The maximum atomic E-state index is 11.9. The second kappa shape index (κ2) is 6.97. The molecule has 0 aliphatic carbocycles. The summed E-state index contributed by atoms with van der Waals surface area (Å²) in [5.41, 5.74) is 0.767. The van der Waals surface area contributed by atoms with Crippen molar-refractivity contribution in [2.45, 2.75) is 13.8 Å². The van der Waals surface area contributed by atoms with E-state index >= 15 is 0 Å². The van der Waals surface area contributed by atoms with E-state index in [1.807, 2.05) is 44.2 Å². The Balaban J connectivity index is 2.19. The van der Waals surface area contributed by atoms with Gasteiger partial charge in [-0.05, 0) is 60.7 Å². The minimum atomic E-state index is -0.384. The van der Waals surface area contributed by atoms with E-state index in [0.717, 1.165) is 33.8 Å². The Bertz CT molecular complexity index is 839. The zero-order chi connectivity index (χ0) is 17.1. The zero-order valence-corrected chi connectivity index (χ0v) is 14.2. The van der Waals surface area contributed by atoms with Crippen LogP contribution in [0.2, 0.25) is 0 Å². The predicted molar refractivity (Wildman–Crippen MR) is 95.4 cm³/mol. The fraction of sp³-hybridized carbons (Fsp3) is 0.222. The third-order valence-electron chi connectivity index (χ3n) is 3.52. The Morgan fingerprint density at radius 2 is 1.83 bits per heavy atom. The second-order valence-corrected chi connectivity index (χ2v) is 6.09. The third-order valence-corrected chi connectivity index (χ3v) is 4.33. The van der Waals surface area contributed by atoms with Crippen LogP contribution in [0.15, 0.2) is 35.2 Å². The van der Waals surface area contributed by atoms with Gasteiger partial charge in [0, 0.05) is 5.56 Å². The van der Waals surface area contributed by atoms with Crippen LogP contribution in [0.1, 0.15) is 19.4 Å². The molecule has 3 rings (SSSR count). The van der Waals surface area contributed by atoms with Gasteiger partial charge in [-0.15, -0.1) is 0 Å². The topological polar surface area (TPSA) is 64.6 Å². The fourth-order valence-electron chi connectivity index (χ4n) is 2.54. The lowest BCUT2D eigenvalue weighted by molar-refractivity contribution is -0.115. The summed E-state index contributed by atoms with van der Waals surface area (Å²) in [4.78, 5) is 23.6. The van der Waals surface area contributed by atoms with Gasteiger partial charge in [-0.25, -0.2) is 0 Å². The minimum Gasteiger partial charge on any atom is -0.494 e. The van der Waals surface area contributed by atoms with E-state index in [1.54, 1.807) is 6.08 Å². The lowest BCUT2D eigenvalue weighted by atomic mass is 10.0. The van der Waals surface area contributed by atoms with Gasteiger partial charge in [-0.1, -0.05) is 12.1 Å². The number of imide groups is 1. The van der Waals surface area contributed by atoms with Crippen LogP contribution < -0.4 is 14.8 Å². The Morgan fingerprint density at radius 3 is 2.50 bits per heavy atom. The van der Waals surface area contributed by atoms with Crippen molar-refractivity contribution in [2.24, 2.45) is 0 Å². The van der Waals surface area contributed by atoms with E-state index in [1.165, 1.54) is 0 Å². The predicted octanol–water partition coefficient (Wildman–Crippen LogP) is 3.96. The van der Waals surface area contributed by atoms with Crippen molar-refractivity contribution in [2.75, 3.05) is 13.2 Å². The Morgan fingerprint density at radius 1 is 1.08 bits per heavy atom. The first-order valence-electron chi connectivity index (χ1n) is 7.69.